The van der Waals surface area contributed by atoms with E-state index >= 15 is 0 Å². The predicted molar refractivity (Wildman–Crippen MR) is 411 cm³/mol. The number of esters is 3. The van der Waals surface area contributed by atoms with E-state index in [1.807, 2.05) is 14.1 Å². The van der Waals surface area contributed by atoms with Gasteiger partial charge in [-0.3, -0.25) is 33.5 Å². The van der Waals surface area contributed by atoms with Crippen LogP contribution in [0.2, 0.25) is 0 Å². The van der Waals surface area contributed by atoms with Crippen LogP contribution in [0.3, 0.4) is 0 Å². The number of ether oxygens (including phenoxy) is 7. The average molecular weight is 1620 g/mol. The number of aryl methyl sites for hydroxylation is 2. The van der Waals surface area contributed by atoms with Crippen LogP contribution in [0.5, 0.6) is 28.7 Å². The molecule has 6 aromatic rings. The fourth-order valence-electron chi connectivity index (χ4n) is 13.5. The summed E-state index contributed by atoms with van der Waals surface area (Å²) in [5, 5.41) is 11.3. The number of hydrogen-bond acceptors (Lipinski definition) is 19. The maximum absolute atomic E-state index is 14.4. The summed E-state index contributed by atoms with van der Waals surface area (Å²) in [7, 11) is -1.10. The molecule has 1 aromatic heterocycles. The van der Waals surface area contributed by atoms with Gasteiger partial charge in [0.2, 0.25) is 11.6 Å². The number of benzene rings is 5. The Morgan fingerprint density at radius 1 is 0.561 bits per heavy atom. The largest absolute Gasteiger partial charge is 0.519 e. The number of alkyl halides is 6. The number of hydrogen-bond donors (Lipinski definition) is 2. The average Bonchev–Trinajstić information content (AvgIpc) is 1.51. The highest BCUT2D eigenvalue weighted by Crippen LogP contribution is 2.57. The minimum absolute atomic E-state index is 0.000159. The quantitative estimate of drug-likeness (QED) is 0.00682. The topological polar surface area (TPSA) is 283 Å². The molecule has 3 atom stereocenters. The van der Waals surface area contributed by atoms with Crippen molar-refractivity contribution in [2.24, 2.45) is 0 Å². The van der Waals surface area contributed by atoms with Crippen molar-refractivity contribution in [3.05, 3.63) is 148 Å². The Morgan fingerprint density at radius 2 is 1.04 bits per heavy atom. The first-order valence-corrected chi connectivity index (χ1v) is 41.3. The van der Waals surface area contributed by atoms with E-state index in [0.717, 1.165) is 44.9 Å². The first-order valence-electron chi connectivity index (χ1n) is 39.8. The third-order valence-electron chi connectivity index (χ3n) is 19.8. The van der Waals surface area contributed by atoms with Crippen molar-refractivity contribution >= 4 is 55.2 Å². The smallest absolute Gasteiger partial charge is 0.462 e. The fraction of sp³-hybridized carbons (Fsp3) is 0.536. The Hall–Kier alpha value is -9.02. The van der Waals surface area contributed by atoms with Crippen LogP contribution in [0.1, 0.15) is 250 Å². The first kappa shape index (κ1) is 90.5. The van der Waals surface area contributed by atoms with Crippen LogP contribution < -0.4 is 24.3 Å². The molecule has 0 fully saturated rings. The maximum atomic E-state index is 14.4. The highest BCUT2D eigenvalue weighted by Gasteiger charge is 2.54. The van der Waals surface area contributed by atoms with Crippen molar-refractivity contribution in [1.29, 1.82) is 0 Å². The Morgan fingerprint density at radius 3 is 1.57 bits per heavy atom. The maximum Gasteiger partial charge on any atom is 0.519 e. The van der Waals surface area contributed by atoms with E-state index in [1.165, 1.54) is 193 Å². The van der Waals surface area contributed by atoms with Gasteiger partial charge in [-0.1, -0.05) is 203 Å². The van der Waals surface area contributed by atoms with Gasteiger partial charge < -0.3 is 42.5 Å². The number of aromatic nitrogens is 3. The number of phosphoric acid groups is 1. The van der Waals surface area contributed by atoms with Crippen LogP contribution in [0.15, 0.2) is 109 Å². The molecule has 2 N–H and O–H groups in total. The summed E-state index contributed by atoms with van der Waals surface area (Å²) in [5.74, 6) is -5.68. The van der Waals surface area contributed by atoms with E-state index in [0.29, 0.717) is 40.9 Å². The lowest BCUT2D eigenvalue weighted by atomic mass is 9.77. The SMILES string of the molecule is CCCCCCCCCCCCCCCC(=O)OCC(COP(=O)(O)OCC[N+](C)(C)Cc1cn(-c2ccc3c(c2)C(=O)OC32c3ccc(NC(=O)Oc4ccc(CCC(=O)C(F)(F)F)cc4)cc3Oc3cc(OC(=O)Oc4ccc(CCC(=O)C(F)(F)F)cc4)ccc32)nn1)OC(=O)CCCCCCCCCCCCCCC. The molecule has 0 saturated carbocycles. The van der Waals surface area contributed by atoms with Crippen LogP contribution in [0.4, 0.5) is 41.6 Å². The van der Waals surface area contributed by atoms with Gasteiger partial charge in [-0.15, -0.1) is 5.10 Å². The summed E-state index contributed by atoms with van der Waals surface area (Å²) in [6, 6.07) is 24.4. The van der Waals surface area contributed by atoms with Gasteiger partial charge in [0.1, 0.15) is 60.7 Å². The number of anilines is 1. The molecular formula is C84H107F6N5O18P+. The van der Waals surface area contributed by atoms with Crippen LogP contribution in [0, 0.1) is 0 Å². The molecule has 114 heavy (non-hydrogen) atoms. The zero-order chi connectivity index (χ0) is 82.2. The molecule has 0 saturated heterocycles. The zero-order valence-electron chi connectivity index (χ0n) is 65.5. The van der Waals surface area contributed by atoms with Gasteiger partial charge in [-0.2, -0.15) is 26.3 Å². The second-order valence-corrected chi connectivity index (χ2v) is 31.2. The van der Waals surface area contributed by atoms with Crippen molar-refractivity contribution < 1.29 is 116 Å². The molecule has 23 nitrogen and oxygen atoms in total. The summed E-state index contributed by atoms with van der Waals surface area (Å²) in [6.07, 6.45) is 16.4. The molecule has 2 aliphatic heterocycles. The van der Waals surface area contributed by atoms with Crippen molar-refractivity contribution in [3.8, 4) is 34.4 Å². The number of unbranched alkanes of at least 4 members (excludes halogenated alkanes) is 24. The van der Waals surface area contributed by atoms with E-state index in [2.05, 4.69) is 29.5 Å². The van der Waals surface area contributed by atoms with E-state index in [1.54, 1.807) is 30.5 Å². The third kappa shape index (κ3) is 29.7. The van der Waals surface area contributed by atoms with Crippen LogP contribution in [-0.2, 0) is 72.0 Å². The predicted octanol–water partition coefficient (Wildman–Crippen LogP) is 20.3. The zero-order valence-corrected chi connectivity index (χ0v) is 66.4. The van der Waals surface area contributed by atoms with Gasteiger partial charge in [0, 0.05) is 60.2 Å². The lowest BCUT2D eigenvalue weighted by Crippen LogP contribution is -2.41. The lowest BCUT2D eigenvalue weighted by Gasteiger charge is -2.36. The Kier molecular flexibility index (Phi) is 35.5. The standard InChI is InChI=1S/C84H106F6N5O18P/c1-5-7-9-11-13-15-17-19-21-23-25-27-29-31-77(98)105-58-68(108-78(99)32-30-28-26-24-22-20-18-16-14-12-10-8-6-2)59-107-114(103,104)106-52-51-95(3,4)57-63-56-94(93-92-63)64-40-47-70-69(54-64)79(100)113-82(70)71-46-39-62(91-80(101)109-65-41-33-60(34-42-65)37-49-75(96)83(85,86)87)53-73(71)112-74-55-67(45-48-72(74)82)111-81(102)110-66-43-35-61(36-44-66)38-50-76(97)84(88,89)90/h33-36,39-48,53-56,68H,5-32,37-38,49-52,57-59H2,1-4H3,(H-,91,101,103,104)/p+1. The molecule has 8 rings (SSSR count). The Labute approximate surface area is 661 Å². The number of phosphoric ester groups is 1. The van der Waals surface area contributed by atoms with Crippen molar-refractivity contribution in [3.63, 3.8) is 0 Å². The number of carbonyl (C=O) groups excluding carboxylic acids is 7. The number of fused-ring (bicyclic) bond motifs is 6. The second kappa shape index (κ2) is 44.7. The molecule has 0 radical (unpaired) electrons. The van der Waals surface area contributed by atoms with Gasteiger partial charge in [0.05, 0.1) is 38.1 Å². The molecule has 1 spiro atoms. The highest BCUT2D eigenvalue weighted by atomic mass is 31.2. The Balaban J connectivity index is 0.886. The van der Waals surface area contributed by atoms with E-state index in [9.17, 15) is 69.4 Å². The summed E-state index contributed by atoms with van der Waals surface area (Å²) in [6.45, 7) is 3.63. The summed E-state index contributed by atoms with van der Waals surface area (Å²) in [5.41, 5.74) is 0.886. The molecule has 5 aromatic carbocycles. The molecule has 0 aliphatic carbocycles. The second-order valence-electron chi connectivity index (χ2n) is 29.7. The third-order valence-corrected chi connectivity index (χ3v) is 20.8. The molecule has 3 heterocycles. The number of nitrogens with one attached hydrogen (secondary N) is 1. The summed E-state index contributed by atoms with van der Waals surface area (Å²) >= 11 is 0. The Bertz CT molecular complexity index is 4030. The van der Waals surface area contributed by atoms with E-state index in [-0.39, 0.29) is 108 Å². The van der Waals surface area contributed by atoms with Crippen molar-refractivity contribution in [2.45, 2.75) is 250 Å². The molecule has 0 bridgehead atoms. The molecule has 3 unspecified atom stereocenters. The molecule has 2 aliphatic rings. The van der Waals surface area contributed by atoms with E-state index < -0.39 is 93.1 Å². The van der Waals surface area contributed by atoms with Crippen LogP contribution in [0.25, 0.3) is 5.69 Å². The number of halogens is 6. The minimum Gasteiger partial charge on any atom is -0.462 e. The number of likely N-dealkylation sites (N-methyl/N-ethyl adjacent to an activating group) is 1. The van der Waals surface area contributed by atoms with Crippen molar-refractivity contribution in [2.75, 3.05) is 45.8 Å². The van der Waals surface area contributed by atoms with Gasteiger partial charge in [0.25, 0.3) is 0 Å². The lowest BCUT2D eigenvalue weighted by molar-refractivity contribution is -0.904. The van der Waals surface area contributed by atoms with Gasteiger partial charge in [0.15, 0.2) is 11.7 Å². The highest BCUT2D eigenvalue weighted by molar-refractivity contribution is 7.47. The number of amides is 1. The van der Waals surface area contributed by atoms with Crippen LogP contribution in [-0.4, -0.2) is 125 Å². The first-order chi connectivity index (χ1) is 54.5. The van der Waals surface area contributed by atoms with Gasteiger partial charge in [-0.25, -0.2) is 23.6 Å². The summed E-state index contributed by atoms with van der Waals surface area (Å²) in [4.78, 5) is 101. The molecule has 30 heteroatoms. The minimum atomic E-state index is -4.98. The number of nitrogens with zero attached hydrogens (tertiary/aromatic N) is 4. The number of ketones is 2. The number of rotatable bonds is 51. The monoisotopic (exact) mass is 1620 g/mol. The number of Topliss-reactive ketones (excluding diaryl/α,β-unsaturated/α-hetero) is 2. The number of quaternary nitrogens is 1. The molecular weight excluding hydrogens is 1510 g/mol. The van der Waals surface area contributed by atoms with Crippen LogP contribution >= 0.6 is 7.82 Å². The normalized spacial score (nSPS) is 14.5. The number of carbonyl (C=O) groups is 7. The molecule has 1 amide bonds. The summed E-state index contributed by atoms with van der Waals surface area (Å²) < 4.78 is 143. The van der Waals surface area contributed by atoms with E-state index in [4.69, 9.17) is 42.2 Å². The molecule has 622 valence electrons. The van der Waals surface area contributed by atoms with Gasteiger partial charge in [-0.05, 0) is 97.5 Å². The fourth-order valence-corrected chi connectivity index (χ4v) is 14.3. The van der Waals surface area contributed by atoms with Crippen molar-refractivity contribution in [1.82, 2.24) is 15.0 Å². The van der Waals surface area contributed by atoms with Gasteiger partial charge >= 0.3 is 50.3 Å².